The molecule has 0 radical (unpaired) electrons. The predicted octanol–water partition coefficient (Wildman–Crippen LogP) is 3.19. The Balaban J connectivity index is 1.76. The summed E-state index contributed by atoms with van der Waals surface area (Å²) in [6.45, 7) is 3.65. The van der Waals surface area contributed by atoms with E-state index in [2.05, 4.69) is 0 Å². The maximum atomic E-state index is 13.1. The molecule has 0 saturated carbocycles. The van der Waals surface area contributed by atoms with Crippen LogP contribution in [0.25, 0.3) is 5.76 Å². The second-order valence-corrected chi connectivity index (χ2v) is 8.28. The highest BCUT2D eigenvalue weighted by Gasteiger charge is 2.46. The lowest BCUT2D eigenvalue weighted by Gasteiger charge is -2.26. The molecular formula is C25H28N2O6. The van der Waals surface area contributed by atoms with E-state index in [1.165, 1.54) is 4.90 Å². The number of carbonyl (C=O) groups excluding carboxylic acids is 2. The second-order valence-electron chi connectivity index (χ2n) is 8.28. The summed E-state index contributed by atoms with van der Waals surface area (Å²) in [7, 11) is 3.80. The van der Waals surface area contributed by atoms with Crippen molar-refractivity contribution in [2.24, 2.45) is 0 Å². The average molecular weight is 453 g/mol. The summed E-state index contributed by atoms with van der Waals surface area (Å²) < 4.78 is 16.4. The van der Waals surface area contributed by atoms with Crippen LogP contribution in [-0.4, -0.2) is 67.2 Å². The minimum Gasteiger partial charge on any atom is -0.507 e. The number of hydrogen-bond donors (Lipinski definition) is 1. The number of Topliss-reactive ketones (excluding diaryl/α,β-unsaturated/α-hetero) is 1. The van der Waals surface area contributed by atoms with Crippen molar-refractivity contribution in [1.82, 2.24) is 9.80 Å². The number of hydrogen-bond acceptors (Lipinski definition) is 7. The lowest BCUT2D eigenvalue weighted by molar-refractivity contribution is -0.140. The van der Waals surface area contributed by atoms with Gasteiger partial charge in [0.15, 0.2) is 11.5 Å². The third-order valence-electron chi connectivity index (χ3n) is 5.64. The maximum Gasteiger partial charge on any atom is 0.295 e. The molecule has 1 saturated heterocycles. The first-order valence-corrected chi connectivity index (χ1v) is 11.0. The van der Waals surface area contributed by atoms with Crippen molar-refractivity contribution >= 4 is 17.4 Å². The number of nitrogens with zero attached hydrogens (tertiary/aromatic N) is 2. The van der Waals surface area contributed by atoms with E-state index < -0.39 is 17.7 Å². The highest BCUT2D eigenvalue weighted by molar-refractivity contribution is 6.46. The normalized spacial score (nSPS) is 18.9. The van der Waals surface area contributed by atoms with Crippen LogP contribution >= 0.6 is 0 Å². The Hall–Kier alpha value is -3.52. The Bertz CT molecular complexity index is 1080. The first-order valence-electron chi connectivity index (χ1n) is 11.0. The van der Waals surface area contributed by atoms with Crippen molar-refractivity contribution in [2.75, 3.05) is 40.6 Å². The first-order chi connectivity index (χ1) is 15.9. The molecule has 1 N–H and O–H groups in total. The van der Waals surface area contributed by atoms with Gasteiger partial charge in [-0.1, -0.05) is 19.1 Å². The molecule has 8 nitrogen and oxygen atoms in total. The summed E-state index contributed by atoms with van der Waals surface area (Å²) in [6, 6.07) is 11.5. The molecule has 1 unspecified atom stereocenters. The van der Waals surface area contributed by atoms with Gasteiger partial charge >= 0.3 is 0 Å². The van der Waals surface area contributed by atoms with Gasteiger partial charge in [-0.3, -0.25) is 9.59 Å². The minimum atomic E-state index is -0.712. The van der Waals surface area contributed by atoms with Crippen molar-refractivity contribution in [3.63, 3.8) is 0 Å². The van der Waals surface area contributed by atoms with E-state index in [0.717, 1.165) is 12.0 Å². The molecule has 2 heterocycles. The fourth-order valence-corrected chi connectivity index (χ4v) is 3.93. The monoisotopic (exact) mass is 452 g/mol. The van der Waals surface area contributed by atoms with Crippen LogP contribution in [0, 0.1) is 0 Å². The van der Waals surface area contributed by atoms with Crippen LogP contribution in [0.4, 0.5) is 0 Å². The summed E-state index contributed by atoms with van der Waals surface area (Å²) in [5.74, 6) is 0.180. The van der Waals surface area contributed by atoms with E-state index in [1.54, 1.807) is 18.2 Å². The molecule has 0 aliphatic carbocycles. The van der Waals surface area contributed by atoms with Crippen LogP contribution in [0.15, 0.2) is 48.0 Å². The zero-order valence-electron chi connectivity index (χ0n) is 19.0. The van der Waals surface area contributed by atoms with Gasteiger partial charge in [0.05, 0.1) is 18.2 Å². The molecule has 2 aromatic rings. The number of amides is 1. The molecule has 8 heteroatoms. The van der Waals surface area contributed by atoms with E-state index in [0.29, 0.717) is 42.5 Å². The lowest BCUT2D eigenvalue weighted by atomic mass is 9.95. The summed E-state index contributed by atoms with van der Waals surface area (Å²) >= 11 is 0. The molecule has 0 bridgehead atoms. The van der Waals surface area contributed by atoms with Crippen LogP contribution in [0.5, 0.6) is 17.2 Å². The fourth-order valence-electron chi connectivity index (χ4n) is 3.93. The van der Waals surface area contributed by atoms with Crippen molar-refractivity contribution in [2.45, 2.75) is 19.4 Å². The Morgan fingerprint density at radius 2 is 1.85 bits per heavy atom. The van der Waals surface area contributed by atoms with E-state index in [1.807, 2.05) is 50.2 Å². The molecule has 1 atom stereocenters. The minimum absolute atomic E-state index is 0.0554. The maximum absolute atomic E-state index is 13.1. The Labute approximate surface area is 193 Å². The van der Waals surface area contributed by atoms with Gasteiger partial charge in [-0.25, -0.2) is 0 Å². The number of carbonyl (C=O) groups is 2. The largest absolute Gasteiger partial charge is 0.507 e. The molecule has 4 rings (SSSR count). The van der Waals surface area contributed by atoms with E-state index in [9.17, 15) is 14.7 Å². The molecule has 2 aromatic carbocycles. The van der Waals surface area contributed by atoms with Gasteiger partial charge in [-0.15, -0.1) is 0 Å². The summed E-state index contributed by atoms with van der Waals surface area (Å²) in [6.07, 6.45) is 0.891. The molecular weight excluding hydrogens is 424 g/mol. The Kier molecular flexibility index (Phi) is 6.55. The van der Waals surface area contributed by atoms with Crippen molar-refractivity contribution in [3.05, 3.63) is 59.2 Å². The van der Waals surface area contributed by atoms with Gasteiger partial charge in [-0.2, -0.15) is 0 Å². The molecule has 1 amide bonds. The number of ketones is 1. The van der Waals surface area contributed by atoms with Crippen LogP contribution in [0.2, 0.25) is 0 Å². The quantitative estimate of drug-likeness (QED) is 0.374. The molecule has 0 spiro atoms. The average Bonchev–Trinajstić information content (AvgIpc) is 3.38. The number of fused-ring (bicyclic) bond motifs is 1. The molecule has 0 aromatic heterocycles. The number of rotatable bonds is 8. The molecule has 1 fully saturated rings. The Morgan fingerprint density at radius 1 is 1.12 bits per heavy atom. The molecule has 174 valence electrons. The van der Waals surface area contributed by atoms with Crippen LogP contribution in [-0.2, 0) is 9.59 Å². The van der Waals surface area contributed by atoms with Crippen LogP contribution in [0.1, 0.15) is 30.5 Å². The number of benzene rings is 2. The highest BCUT2D eigenvalue weighted by Crippen LogP contribution is 2.41. The smallest absolute Gasteiger partial charge is 0.295 e. The molecule has 2 aliphatic heterocycles. The van der Waals surface area contributed by atoms with Gasteiger partial charge in [0, 0.05) is 18.7 Å². The first kappa shape index (κ1) is 22.7. The van der Waals surface area contributed by atoms with Gasteiger partial charge in [-0.05, 0) is 56.4 Å². The number of aliphatic hydroxyl groups excluding tert-OH is 1. The van der Waals surface area contributed by atoms with Crippen molar-refractivity contribution in [3.8, 4) is 17.2 Å². The van der Waals surface area contributed by atoms with Gasteiger partial charge in [0.25, 0.3) is 11.7 Å². The van der Waals surface area contributed by atoms with Gasteiger partial charge in [0.1, 0.15) is 11.5 Å². The van der Waals surface area contributed by atoms with Crippen LogP contribution < -0.4 is 14.2 Å². The van der Waals surface area contributed by atoms with E-state index >= 15 is 0 Å². The molecule has 2 aliphatic rings. The number of likely N-dealkylation sites (tertiary alicyclic amines) is 1. The number of ether oxygens (including phenoxy) is 3. The third kappa shape index (κ3) is 4.52. The summed E-state index contributed by atoms with van der Waals surface area (Å²) in [5, 5.41) is 11.2. The molecule has 33 heavy (non-hydrogen) atoms. The highest BCUT2D eigenvalue weighted by atomic mass is 16.7. The topological polar surface area (TPSA) is 88.5 Å². The number of likely N-dealkylation sites (N-methyl/N-ethyl adjacent to an activating group) is 1. The lowest BCUT2D eigenvalue weighted by Crippen LogP contribution is -2.35. The zero-order valence-corrected chi connectivity index (χ0v) is 19.0. The standard InChI is InChI=1S/C25H28N2O6/c1-4-13-31-18-8-5-16(6-9-18)22-21(24(29)25(30)27(22)12-11-26(2)3)23(28)17-7-10-19-20(14-17)33-15-32-19/h5-10,14,22,28H,4,11-13,15H2,1-3H3/b23-21+. The van der Waals surface area contributed by atoms with E-state index in [-0.39, 0.29) is 18.1 Å². The van der Waals surface area contributed by atoms with Crippen LogP contribution in [0.3, 0.4) is 0 Å². The third-order valence-corrected chi connectivity index (χ3v) is 5.64. The number of aliphatic hydroxyl groups is 1. The fraction of sp³-hybridized carbons (Fsp3) is 0.360. The van der Waals surface area contributed by atoms with Crippen molar-refractivity contribution < 1.29 is 28.9 Å². The summed E-state index contributed by atoms with van der Waals surface area (Å²) in [5.41, 5.74) is 1.16. The van der Waals surface area contributed by atoms with Gasteiger partial charge < -0.3 is 29.1 Å². The second kappa shape index (κ2) is 9.54. The van der Waals surface area contributed by atoms with E-state index in [4.69, 9.17) is 14.2 Å². The zero-order chi connectivity index (χ0) is 23.5. The summed E-state index contributed by atoms with van der Waals surface area (Å²) in [4.78, 5) is 29.5. The van der Waals surface area contributed by atoms with Crippen molar-refractivity contribution in [1.29, 1.82) is 0 Å². The Morgan fingerprint density at radius 3 is 2.55 bits per heavy atom. The predicted molar refractivity (Wildman–Crippen MR) is 122 cm³/mol. The SMILES string of the molecule is CCCOc1ccc(C2/C(=C(\O)c3ccc4c(c3)OCO4)C(=O)C(=O)N2CCN(C)C)cc1. The van der Waals surface area contributed by atoms with Gasteiger partial charge in [0.2, 0.25) is 6.79 Å².